The van der Waals surface area contributed by atoms with E-state index in [1.807, 2.05) is 12.1 Å². The molecule has 0 spiro atoms. The monoisotopic (exact) mass is 263 g/mol. The Morgan fingerprint density at radius 2 is 2.00 bits per heavy atom. The van der Waals surface area contributed by atoms with Gasteiger partial charge in [0.25, 0.3) is 0 Å². The minimum absolute atomic E-state index is 0.100. The quantitative estimate of drug-likeness (QED) is 0.684. The van der Waals surface area contributed by atoms with E-state index < -0.39 is 5.41 Å². The Morgan fingerprint density at radius 1 is 1.32 bits per heavy atom. The van der Waals surface area contributed by atoms with E-state index >= 15 is 0 Å². The summed E-state index contributed by atoms with van der Waals surface area (Å²) < 4.78 is 0. The van der Waals surface area contributed by atoms with Gasteiger partial charge in [-0.15, -0.1) is 0 Å². The molecule has 1 aromatic carbocycles. The number of carbonyl (C=O) groups excluding carboxylic acids is 2. The SMILES string of the molecule is CNC(=O)C(C)(C)CNC(=O)Cc1cccc(N)c1. The third-order valence-corrected chi connectivity index (χ3v) is 2.88. The number of rotatable bonds is 5. The molecule has 0 aliphatic heterocycles. The molecule has 0 heterocycles. The van der Waals surface area contributed by atoms with Crippen LogP contribution in [-0.4, -0.2) is 25.4 Å². The highest BCUT2D eigenvalue weighted by Crippen LogP contribution is 2.13. The Kier molecular flexibility index (Phi) is 4.92. The van der Waals surface area contributed by atoms with Crippen LogP contribution in [0.5, 0.6) is 0 Å². The third kappa shape index (κ3) is 4.62. The molecule has 4 N–H and O–H groups in total. The van der Waals surface area contributed by atoms with E-state index in [9.17, 15) is 9.59 Å². The minimum Gasteiger partial charge on any atom is -0.399 e. The average Bonchev–Trinajstić information content (AvgIpc) is 2.35. The normalized spacial score (nSPS) is 10.9. The van der Waals surface area contributed by atoms with Crippen LogP contribution in [0.15, 0.2) is 24.3 Å². The van der Waals surface area contributed by atoms with Gasteiger partial charge in [-0.25, -0.2) is 0 Å². The van der Waals surface area contributed by atoms with Crippen LogP contribution in [-0.2, 0) is 16.0 Å². The minimum atomic E-state index is -0.625. The van der Waals surface area contributed by atoms with E-state index in [2.05, 4.69) is 10.6 Å². The number of hydrogen-bond acceptors (Lipinski definition) is 3. The fourth-order valence-corrected chi connectivity index (χ4v) is 1.69. The van der Waals surface area contributed by atoms with Crippen LogP contribution in [0, 0.1) is 5.41 Å². The van der Waals surface area contributed by atoms with E-state index in [1.165, 1.54) is 0 Å². The van der Waals surface area contributed by atoms with Gasteiger partial charge in [0.05, 0.1) is 11.8 Å². The highest BCUT2D eigenvalue weighted by Gasteiger charge is 2.26. The van der Waals surface area contributed by atoms with Crippen LogP contribution < -0.4 is 16.4 Å². The lowest BCUT2D eigenvalue weighted by Crippen LogP contribution is -2.44. The zero-order valence-electron chi connectivity index (χ0n) is 11.6. The summed E-state index contributed by atoms with van der Waals surface area (Å²) in [6.07, 6.45) is 0.259. The van der Waals surface area contributed by atoms with Crippen molar-refractivity contribution in [2.45, 2.75) is 20.3 Å². The van der Waals surface area contributed by atoms with Gasteiger partial charge >= 0.3 is 0 Å². The van der Waals surface area contributed by atoms with Crippen LogP contribution in [0.2, 0.25) is 0 Å². The van der Waals surface area contributed by atoms with Gasteiger partial charge in [-0.1, -0.05) is 12.1 Å². The highest BCUT2D eigenvalue weighted by molar-refractivity contribution is 5.83. The van der Waals surface area contributed by atoms with Gasteiger partial charge < -0.3 is 16.4 Å². The molecule has 1 aromatic rings. The standard InChI is InChI=1S/C14H21N3O2/c1-14(2,13(19)16-3)9-17-12(18)8-10-5-4-6-11(15)7-10/h4-7H,8-9,15H2,1-3H3,(H,16,19)(H,17,18). The first-order valence-electron chi connectivity index (χ1n) is 6.18. The fraction of sp³-hybridized carbons (Fsp3) is 0.429. The first kappa shape index (κ1) is 15.0. The van der Waals surface area contributed by atoms with E-state index in [1.54, 1.807) is 33.0 Å². The van der Waals surface area contributed by atoms with Crippen molar-refractivity contribution in [2.75, 3.05) is 19.3 Å². The Balaban J connectivity index is 2.51. The molecule has 0 atom stereocenters. The van der Waals surface area contributed by atoms with Crippen molar-refractivity contribution in [1.29, 1.82) is 0 Å². The summed E-state index contributed by atoms with van der Waals surface area (Å²) >= 11 is 0. The van der Waals surface area contributed by atoms with Crippen molar-refractivity contribution in [3.8, 4) is 0 Å². The first-order valence-corrected chi connectivity index (χ1v) is 6.18. The van der Waals surface area contributed by atoms with Crippen molar-refractivity contribution >= 4 is 17.5 Å². The molecule has 1 rings (SSSR count). The molecular formula is C14H21N3O2. The maximum Gasteiger partial charge on any atom is 0.227 e. The topological polar surface area (TPSA) is 84.2 Å². The van der Waals surface area contributed by atoms with Crippen LogP contribution in [0.4, 0.5) is 5.69 Å². The second-order valence-electron chi connectivity index (χ2n) is 5.16. The van der Waals surface area contributed by atoms with Crippen LogP contribution >= 0.6 is 0 Å². The number of amides is 2. The number of nitrogens with two attached hydrogens (primary N) is 1. The zero-order chi connectivity index (χ0) is 14.5. The number of carbonyl (C=O) groups is 2. The lowest BCUT2D eigenvalue weighted by Gasteiger charge is -2.22. The van der Waals surface area contributed by atoms with Crippen LogP contribution in [0.1, 0.15) is 19.4 Å². The maximum absolute atomic E-state index is 11.8. The zero-order valence-corrected chi connectivity index (χ0v) is 11.6. The van der Waals surface area contributed by atoms with Gasteiger partial charge in [-0.2, -0.15) is 0 Å². The molecule has 0 bridgehead atoms. The summed E-state index contributed by atoms with van der Waals surface area (Å²) in [5.74, 6) is -0.223. The highest BCUT2D eigenvalue weighted by atomic mass is 16.2. The van der Waals surface area contributed by atoms with E-state index in [-0.39, 0.29) is 18.2 Å². The van der Waals surface area contributed by atoms with Crippen molar-refractivity contribution in [2.24, 2.45) is 5.41 Å². The number of nitrogens with one attached hydrogen (secondary N) is 2. The molecule has 5 nitrogen and oxygen atoms in total. The summed E-state index contributed by atoms with van der Waals surface area (Å²) in [4.78, 5) is 23.4. The van der Waals surface area contributed by atoms with Gasteiger partial charge in [0, 0.05) is 19.3 Å². The van der Waals surface area contributed by atoms with Gasteiger partial charge in [0.2, 0.25) is 11.8 Å². The van der Waals surface area contributed by atoms with Gasteiger partial charge in [-0.3, -0.25) is 9.59 Å². The third-order valence-electron chi connectivity index (χ3n) is 2.88. The first-order chi connectivity index (χ1) is 8.85. The van der Waals surface area contributed by atoms with Gasteiger partial charge in [0.15, 0.2) is 0 Å². The van der Waals surface area contributed by atoms with Gasteiger partial charge in [-0.05, 0) is 31.5 Å². The number of hydrogen-bond donors (Lipinski definition) is 3. The van der Waals surface area contributed by atoms with E-state index in [4.69, 9.17) is 5.73 Å². The molecule has 0 radical (unpaired) electrons. The predicted octanol–water partition coefficient (Wildman–Crippen LogP) is 0.700. The summed E-state index contributed by atoms with van der Waals surface area (Å²) in [6.45, 7) is 3.87. The molecule has 0 aliphatic carbocycles. The fourth-order valence-electron chi connectivity index (χ4n) is 1.69. The lowest BCUT2D eigenvalue weighted by molar-refractivity contribution is -0.129. The molecule has 0 fully saturated rings. The molecular weight excluding hydrogens is 242 g/mol. The Hall–Kier alpha value is -2.04. The summed E-state index contributed by atoms with van der Waals surface area (Å²) in [5, 5.41) is 5.34. The lowest BCUT2D eigenvalue weighted by atomic mass is 9.92. The molecule has 2 amide bonds. The molecule has 0 aliphatic rings. The van der Waals surface area contributed by atoms with Crippen molar-refractivity contribution < 1.29 is 9.59 Å². The van der Waals surface area contributed by atoms with E-state index in [0.29, 0.717) is 12.2 Å². The average molecular weight is 263 g/mol. The number of anilines is 1. The molecule has 0 aromatic heterocycles. The smallest absolute Gasteiger partial charge is 0.227 e. The largest absolute Gasteiger partial charge is 0.399 e. The predicted molar refractivity (Wildman–Crippen MR) is 75.4 cm³/mol. The Bertz CT molecular complexity index is 470. The Labute approximate surface area is 113 Å². The molecule has 0 saturated carbocycles. The molecule has 104 valence electrons. The molecule has 0 saturated heterocycles. The summed E-state index contributed by atoms with van der Waals surface area (Å²) in [7, 11) is 1.58. The van der Waals surface area contributed by atoms with Crippen molar-refractivity contribution in [3.63, 3.8) is 0 Å². The van der Waals surface area contributed by atoms with Crippen molar-refractivity contribution in [1.82, 2.24) is 10.6 Å². The molecule has 5 heteroatoms. The van der Waals surface area contributed by atoms with Crippen LogP contribution in [0.25, 0.3) is 0 Å². The molecule has 0 unspecified atom stereocenters. The second kappa shape index (κ2) is 6.22. The molecule has 19 heavy (non-hydrogen) atoms. The Morgan fingerprint density at radius 3 is 2.58 bits per heavy atom. The summed E-state index contributed by atoms with van der Waals surface area (Å²) in [5.41, 5.74) is 6.52. The number of benzene rings is 1. The van der Waals surface area contributed by atoms with E-state index in [0.717, 1.165) is 5.56 Å². The second-order valence-corrected chi connectivity index (χ2v) is 5.16. The van der Waals surface area contributed by atoms with Crippen molar-refractivity contribution in [3.05, 3.63) is 29.8 Å². The van der Waals surface area contributed by atoms with Gasteiger partial charge in [0.1, 0.15) is 0 Å². The maximum atomic E-state index is 11.8. The number of nitrogen functional groups attached to an aromatic ring is 1. The van der Waals surface area contributed by atoms with Crippen LogP contribution in [0.3, 0.4) is 0 Å². The summed E-state index contributed by atoms with van der Waals surface area (Å²) in [6, 6.07) is 7.20.